The van der Waals surface area contributed by atoms with Gasteiger partial charge in [0.05, 0.1) is 11.3 Å². The van der Waals surface area contributed by atoms with E-state index in [-0.39, 0.29) is 17.4 Å². The molecule has 7 nitrogen and oxygen atoms in total. The van der Waals surface area contributed by atoms with Crippen LogP contribution in [0.2, 0.25) is 0 Å². The van der Waals surface area contributed by atoms with Crippen LogP contribution < -0.4 is 5.32 Å². The van der Waals surface area contributed by atoms with E-state index >= 15 is 0 Å². The van der Waals surface area contributed by atoms with Crippen molar-refractivity contribution < 1.29 is 9.59 Å². The van der Waals surface area contributed by atoms with Crippen molar-refractivity contribution in [2.24, 2.45) is 7.05 Å². The number of benzene rings is 1. The molecule has 0 atom stereocenters. The maximum absolute atomic E-state index is 13.4. The van der Waals surface area contributed by atoms with Crippen LogP contribution >= 0.6 is 23.1 Å². The monoisotopic (exact) mass is 489 g/mol. The molecule has 1 aromatic carbocycles. The molecule has 5 rings (SSSR count). The lowest BCUT2D eigenvalue weighted by atomic mass is 9.92. The van der Waals surface area contributed by atoms with Crippen LogP contribution in [0, 0.1) is 0 Å². The quantitative estimate of drug-likeness (QED) is 0.297. The molecule has 0 aliphatic heterocycles. The summed E-state index contributed by atoms with van der Waals surface area (Å²) in [5, 5.41) is 12.8. The molecule has 0 saturated heterocycles. The first-order valence-corrected chi connectivity index (χ1v) is 12.9. The van der Waals surface area contributed by atoms with Gasteiger partial charge in [-0.25, -0.2) is 0 Å². The van der Waals surface area contributed by atoms with E-state index in [1.807, 2.05) is 54.1 Å². The van der Waals surface area contributed by atoms with Gasteiger partial charge in [0.1, 0.15) is 5.00 Å². The van der Waals surface area contributed by atoms with E-state index in [0.717, 1.165) is 36.8 Å². The van der Waals surface area contributed by atoms with Gasteiger partial charge in [-0.2, -0.15) is 0 Å². The summed E-state index contributed by atoms with van der Waals surface area (Å²) in [5.74, 6) is 0.688. The molecule has 1 amide bonds. The minimum Gasteiger partial charge on any atom is -0.316 e. The van der Waals surface area contributed by atoms with Gasteiger partial charge in [0, 0.05) is 35.4 Å². The molecule has 4 aromatic rings. The molecule has 0 bridgehead atoms. The summed E-state index contributed by atoms with van der Waals surface area (Å²) in [6, 6.07) is 13.0. The number of aromatic nitrogens is 4. The van der Waals surface area contributed by atoms with E-state index in [1.165, 1.54) is 28.0 Å². The minimum absolute atomic E-state index is 0.0294. The molecular formula is C25H23N5O2S2. The van der Waals surface area contributed by atoms with Crippen LogP contribution in [0.4, 0.5) is 5.00 Å². The van der Waals surface area contributed by atoms with Gasteiger partial charge in [-0.05, 0) is 43.4 Å². The predicted molar refractivity (Wildman–Crippen MR) is 134 cm³/mol. The third-order valence-electron chi connectivity index (χ3n) is 5.79. The Hall–Kier alpha value is -3.30. The van der Waals surface area contributed by atoms with Crippen molar-refractivity contribution >= 4 is 39.8 Å². The molecule has 3 heterocycles. The summed E-state index contributed by atoms with van der Waals surface area (Å²) >= 11 is 2.86. The summed E-state index contributed by atoms with van der Waals surface area (Å²) in [4.78, 5) is 31.5. The minimum atomic E-state index is -0.167. The third kappa shape index (κ3) is 4.53. The molecule has 1 aliphatic rings. The number of anilines is 1. The molecule has 3 aromatic heterocycles. The Bertz CT molecular complexity index is 1330. The Kier molecular flexibility index (Phi) is 6.55. The molecule has 0 unspecified atom stereocenters. The highest BCUT2D eigenvalue weighted by molar-refractivity contribution is 7.99. The summed E-state index contributed by atoms with van der Waals surface area (Å²) < 4.78 is 1.86. The van der Waals surface area contributed by atoms with E-state index in [9.17, 15) is 9.59 Å². The summed E-state index contributed by atoms with van der Waals surface area (Å²) in [6.45, 7) is 0. The Morgan fingerprint density at radius 1 is 1.06 bits per heavy atom. The van der Waals surface area contributed by atoms with Crippen molar-refractivity contribution in [2.75, 3.05) is 11.1 Å². The van der Waals surface area contributed by atoms with Crippen molar-refractivity contribution in [3.8, 4) is 11.4 Å². The second-order valence-corrected chi connectivity index (χ2v) is 10.1. The smallest absolute Gasteiger partial charge is 0.235 e. The fourth-order valence-electron chi connectivity index (χ4n) is 4.11. The lowest BCUT2D eigenvalue weighted by Crippen LogP contribution is -2.16. The molecule has 1 N–H and O–H groups in total. The number of amides is 1. The van der Waals surface area contributed by atoms with E-state index in [1.54, 1.807) is 12.4 Å². The highest BCUT2D eigenvalue weighted by Crippen LogP contribution is 2.39. The number of aryl methyl sites for hydroxylation is 1. The van der Waals surface area contributed by atoms with Gasteiger partial charge in [-0.3, -0.25) is 14.6 Å². The van der Waals surface area contributed by atoms with Crippen molar-refractivity contribution in [1.29, 1.82) is 0 Å². The molecule has 1 aliphatic carbocycles. The van der Waals surface area contributed by atoms with Crippen molar-refractivity contribution in [3.63, 3.8) is 0 Å². The fraction of sp³-hybridized carbons (Fsp3) is 0.240. The number of hydrogen-bond acceptors (Lipinski definition) is 7. The van der Waals surface area contributed by atoms with Gasteiger partial charge in [-0.15, -0.1) is 21.5 Å². The van der Waals surface area contributed by atoms with Crippen LogP contribution in [-0.2, 0) is 24.7 Å². The van der Waals surface area contributed by atoms with Gasteiger partial charge >= 0.3 is 0 Å². The standard InChI is InChI=1S/C25H23N5O2S2/c1-30-23(17-11-13-26-14-12-17)28-29-25(30)33-15-20(31)27-24-21(18-9-5-6-10-19(18)34-24)22(32)16-7-3-2-4-8-16/h2-4,7-8,11-14H,5-6,9-10,15H2,1H3,(H,27,31). The normalized spacial score (nSPS) is 12.9. The molecule has 172 valence electrons. The average molecular weight is 490 g/mol. The Morgan fingerprint density at radius 2 is 1.82 bits per heavy atom. The highest BCUT2D eigenvalue weighted by Gasteiger charge is 2.27. The number of thiophene rings is 1. The molecule has 0 spiro atoms. The first-order valence-electron chi connectivity index (χ1n) is 11.1. The zero-order valence-electron chi connectivity index (χ0n) is 18.7. The number of ketones is 1. The summed E-state index contributed by atoms with van der Waals surface area (Å²) in [5.41, 5.74) is 3.31. The Morgan fingerprint density at radius 3 is 2.62 bits per heavy atom. The third-order valence-corrected chi connectivity index (χ3v) is 8.02. The number of thioether (sulfide) groups is 1. The number of rotatable bonds is 7. The van der Waals surface area contributed by atoms with Crippen LogP contribution in [-0.4, -0.2) is 37.2 Å². The van der Waals surface area contributed by atoms with Crippen LogP contribution in [0.3, 0.4) is 0 Å². The van der Waals surface area contributed by atoms with E-state index in [2.05, 4.69) is 20.5 Å². The second-order valence-electron chi connectivity index (χ2n) is 8.05. The van der Waals surface area contributed by atoms with Gasteiger partial charge in [-0.1, -0.05) is 42.1 Å². The number of pyridine rings is 1. The molecule has 9 heteroatoms. The first-order chi connectivity index (χ1) is 16.6. The zero-order valence-corrected chi connectivity index (χ0v) is 20.3. The van der Waals surface area contributed by atoms with E-state index in [0.29, 0.717) is 27.1 Å². The highest BCUT2D eigenvalue weighted by atomic mass is 32.2. The number of carbonyl (C=O) groups is 2. The average Bonchev–Trinajstić information content (AvgIpc) is 3.43. The van der Waals surface area contributed by atoms with Gasteiger partial charge in [0.15, 0.2) is 16.8 Å². The van der Waals surface area contributed by atoms with Crippen LogP contribution in [0.1, 0.15) is 39.2 Å². The number of hydrogen-bond donors (Lipinski definition) is 1. The maximum Gasteiger partial charge on any atom is 0.235 e. The largest absolute Gasteiger partial charge is 0.316 e. The number of carbonyl (C=O) groups excluding carboxylic acids is 2. The number of nitrogens with one attached hydrogen (secondary N) is 1. The lowest BCUT2D eigenvalue weighted by molar-refractivity contribution is -0.113. The molecule has 0 radical (unpaired) electrons. The van der Waals surface area contributed by atoms with E-state index in [4.69, 9.17) is 0 Å². The lowest BCUT2D eigenvalue weighted by Gasteiger charge is -2.12. The van der Waals surface area contributed by atoms with Gasteiger partial charge < -0.3 is 9.88 Å². The van der Waals surface area contributed by atoms with E-state index < -0.39 is 0 Å². The van der Waals surface area contributed by atoms with Gasteiger partial charge in [0.25, 0.3) is 0 Å². The maximum atomic E-state index is 13.4. The first kappa shape index (κ1) is 22.5. The Labute approximate surface area is 205 Å². The molecule has 34 heavy (non-hydrogen) atoms. The number of fused-ring (bicyclic) bond motifs is 1. The SMILES string of the molecule is Cn1c(SCC(=O)Nc2sc3c(c2C(=O)c2ccccc2)CCCC3)nnc1-c1ccncc1. The zero-order chi connectivity index (χ0) is 23.5. The molecular weight excluding hydrogens is 466 g/mol. The van der Waals surface area contributed by atoms with Gasteiger partial charge in [0.2, 0.25) is 5.91 Å². The van der Waals surface area contributed by atoms with Crippen molar-refractivity contribution in [2.45, 2.75) is 30.8 Å². The van der Waals surface area contributed by atoms with Crippen LogP contribution in [0.5, 0.6) is 0 Å². The van der Waals surface area contributed by atoms with Crippen molar-refractivity contribution in [3.05, 3.63) is 76.4 Å². The fourth-order valence-corrected chi connectivity index (χ4v) is 6.13. The number of nitrogens with zero attached hydrogens (tertiary/aromatic N) is 4. The summed E-state index contributed by atoms with van der Waals surface area (Å²) in [7, 11) is 1.87. The summed E-state index contributed by atoms with van der Waals surface area (Å²) in [6.07, 6.45) is 7.42. The molecule has 0 fully saturated rings. The van der Waals surface area contributed by atoms with Crippen molar-refractivity contribution in [1.82, 2.24) is 19.7 Å². The Balaban J connectivity index is 1.33. The predicted octanol–water partition coefficient (Wildman–Crippen LogP) is 4.78. The topological polar surface area (TPSA) is 89.8 Å². The van der Waals surface area contributed by atoms with Crippen LogP contribution in [0.25, 0.3) is 11.4 Å². The second kappa shape index (κ2) is 9.90. The van der Waals surface area contributed by atoms with Crippen LogP contribution in [0.15, 0.2) is 60.0 Å². The molecule has 0 saturated carbocycles.